The molecule has 27 heavy (non-hydrogen) atoms. The summed E-state index contributed by atoms with van der Waals surface area (Å²) in [6, 6.07) is 14.1. The van der Waals surface area contributed by atoms with E-state index in [4.69, 9.17) is 0 Å². The SMILES string of the molecule is CC1CS(=O)(=O)N(c2ccc(C(=O)N3c4ccccc4CC3C)cc2)C1=O. The Kier molecular flexibility index (Phi) is 4.07. The number of hydrogen-bond acceptors (Lipinski definition) is 4. The molecule has 1 fully saturated rings. The maximum atomic E-state index is 13.0. The van der Waals surface area contributed by atoms with Crippen molar-refractivity contribution < 1.29 is 18.0 Å². The Morgan fingerprint density at radius 2 is 1.70 bits per heavy atom. The number of carbonyl (C=O) groups is 2. The molecule has 0 aromatic heterocycles. The minimum Gasteiger partial charge on any atom is -0.305 e. The fourth-order valence-corrected chi connectivity index (χ4v) is 5.66. The molecule has 4 rings (SSSR count). The zero-order valence-corrected chi connectivity index (χ0v) is 15.9. The van der Waals surface area contributed by atoms with Crippen LogP contribution in [0.4, 0.5) is 11.4 Å². The van der Waals surface area contributed by atoms with Crippen molar-refractivity contribution >= 4 is 33.2 Å². The van der Waals surface area contributed by atoms with Crippen LogP contribution in [0.15, 0.2) is 48.5 Å². The molecular weight excluding hydrogens is 364 g/mol. The molecule has 2 unspecified atom stereocenters. The van der Waals surface area contributed by atoms with E-state index in [1.165, 1.54) is 12.1 Å². The van der Waals surface area contributed by atoms with Gasteiger partial charge in [0.2, 0.25) is 15.9 Å². The third-order valence-corrected chi connectivity index (χ3v) is 7.00. The van der Waals surface area contributed by atoms with E-state index in [0.717, 1.165) is 22.0 Å². The molecule has 2 amide bonds. The van der Waals surface area contributed by atoms with Gasteiger partial charge in [-0.1, -0.05) is 25.1 Å². The summed E-state index contributed by atoms with van der Waals surface area (Å²) in [6.07, 6.45) is 0.804. The van der Waals surface area contributed by atoms with Gasteiger partial charge in [0.1, 0.15) is 0 Å². The summed E-state index contributed by atoms with van der Waals surface area (Å²) in [4.78, 5) is 27.0. The number of amides is 2. The molecule has 0 bridgehead atoms. The largest absolute Gasteiger partial charge is 0.305 e. The van der Waals surface area contributed by atoms with Crippen LogP contribution in [-0.4, -0.2) is 32.0 Å². The standard InChI is InChI=1S/C20H20N2O4S/c1-13-12-27(25,26)22(19(13)23)17-9-7-15(8-10-17)20(24)21-14(2)11-16-5-3-4-6-18(16)21/h3-10,13-14H,11-12H2,1-2H3. The van der Waals surface area contributed by atoms with Gasteiger partial charge in [-0.25, -0.2) is 12.7 Å². The topological polar surface area (TPSA) is 74.8 Å². The maximum absolute atomic E-state index is 13.0. The Balaban J connectivity index is 1.64. The van der Waals surface area contributed by atoms with E-state index < -0.39 is 21.8 Å². The van der Waals surface area contributed by atoms with Gasteiger partial charge in [-0.2, -0.15) is 0 Å². The van der Waals surface area contributed by atoms with Crippen LogP contribution in [0, 0.1) is 5.92 Å². The molecule has 2 aliphatic heterocycles. The first-order chi connectivity index (χ1) is 12.8. The molecule has 2 aromatic carbocycles. The molecule has 2 aromatic rings. The van der Waals surface area contributed by atoms with E-state index >= 15 is 0 Å². The summed E-state index contributed by atoms with van der Waals surface area (Å²) in [6.45, 7) is 3.60. The normalized spacial score (nSPS) is 23.6. The third kappa shape index (κ3) is 2.82. The Morgan fingerprint density at radius 3 is 2.33 bits per heavy atom. The maximum Gasteiger partial charge on any atom is 0.258 e. The van der Waals surface area contributed by atoms with Crippen LogP contribution >= 0.6 is 0 Å². The number of anilines is 2. The predicted octanol–water partition coefficient (Wildman–Crippen LogP) is 2.59. The van der Waals surface area contributed by atoms with Crippen molar-refractivity contribution in [2.45, 2.75) is 26.3 Å². The highest BCUT2D eigenvalue weighted by atomic mass is 32.2. The van der Waals surface area contributed by atoms with Crippen molar-refractivity contribution in [1.82, 2.24) is 0 Å². The highest BCUT2D eigenvalue weighted by Crippen LogP contribution is 2.34. The summed E-state index contributed by atoms with van der Waals surface area (Å²) in [5.74, 6) is -1.31. The van der Waals surface area contributed by atoms with Crippen LogP contribution < -0.4 is 9.21 Å². The Labute approximate surface area is 158 Å². The average molecular weight is 384 g/mol. The van der Waals surface area contributed by atoms with Gasteiger partial charge < -0.3 is 4.90 Å². The quantitative estimate of drug-likeness (QED) is 0.798. The van der Waals surface area contributed by atoms with Gasteiger partial charge in [-0.3, -0.25) is 9.59 Å². The fraction of sp³-hybridized carbons (Fsp3) is 0.300. The molecule has 0 N–H and O–H groups in total. The lowest BCUT2D eigenvalue weighted by atomic mass is 10.1. The van der Waals surface area contributed by atoms with E-state index in [0.29, 0.717) is 5.56 Å². The zero-order chi connectivity index (χ0) is 19.3. The van der Waals surface area contributed by atoms with Crippen LogP contribution in [-0.2, 0) is 21.2 Å². The van der Waals surface area contributed by atoms with Crippen LogP contribution in [0.5, 0.6) is 0 Å². The van der Waals surface area contributed by atoms with Gasteiger partial charge in [-0.15, -0.1) is 0 Å². The summed E-state index contributed by atoms with van der Waals surface area (Å²) in [5, 5.41) is 0. The number of sulfonamides is 1. The summed E-state index contributed by atoms with van der Waals surface area (Å²) in [5.41, 5.74) is 2.78. The van der Waals surface area contributed by atoms with E-state index in [-0.39, 0.29) is 23.4 Å². The van der Waals surface area contributed by atoms with E-state index in [1.54, 1.807) is 24.0 Å². The Bertz CT molecular complexity index is 1030. The monoisotopic (exact) mass is 384 g/mol. The number of carbonyl (C=O) groups excluding carboxylic acids is 2. The molecule has 2 atom stereocenters. The third-order valence-electron chi connectivity index (χ3n) is 5.14. The lowest BCUT2D eigenvalue weighted by molar-refractivity contribution is -0.119. The van der Waals surface area contributed by atoms with Gasteiger partial charge >= 0.3 is 0 Å². The van der Waals surface area contributed by atoms with Crippen molar-refractivity contribution in [3.8, 4) is 0 Å². The Hall–Kier alpha value is -2.67. The summed E-state index contributed by atoms with van der Waals surface area (Å²) >= 11 is 0. The number of hydrogen-bond donors (Lipinski definition) is 0. The van der Waals surface area contributed by atoms with Gasteiger partial charge in [0.25, 0.3) is 5.91 Å². The summed E-state index contributed by atoms with van der Waals surface area (Å²) in [7, 11) is -3.65. The molecule has 1 saturated heterocycles. The predicted molar refractivity (Wildman–Crippen MR) is 103 cm³/mol. The first-order valence-electron chi connectivity index (χ1n) is 8.88. The van der Waals surface area contributed by atoms with Crippen LogP contribution in [0.25, 0.3) is 0 Å². The minimum absolute atomic E-state index is 0.0518. The highest BCUT2D eigenvalue weighted by Gasteiger charge is 2.42. The number of para-hydroxylation sites is 1. The average Bonchev–Trinajstić information content (AvgIpc) is 3.06. The molecule has 2 heterocycles. The summed E-state index contributed by atoms with van der Waals surface area (Å²) < 4.78 is 25.3. The molecule has 0 spiro atoms. The number of rotatable bonds is 2. The molecule has 140 valence electrons. The van der Waals surface area contributed by atoms with Crippen molar-refractivity contribution in [2.24, 2.45) is 5.92 Å². The second-order valence-corrected chi connectivity index (χ2v) is 9.05. The molecule has 0 saturated carbocycles. The van der Waals surface area contributed by atoms with E-state index in [1.807, 2.05) is 31.2 Å². The smallest absolute Gasteiger partial charge is 0.258 e. The van der Waals surface area contributed by atoms with Crippen LogP contribution in [0.1, 0.15) is 29.8 Å². The van der Waals surface area contributed by atoms with Crippen LogP contribution in [0.3, 0.4) is 0 Å². The zero-order valence-electron chi connectivity index (χ0n) is 15.1. The van der Waals surface area contributed by atoms with Gasteiger partial charge in [0.05, 0.1) is 17.4 Å². The van der Waals surface area contributed by atoms with Crippen molar-refractivity contribution in [3.05, 3.63) is 59.7 Å². The lowest BCUT2D eigenvalue weighted by Crippen LogP contribution is -2.35. The van der Waals surface area contributed by atoms with Crippen molar-refractivity contribution in [3.63, 3.8) is 0 Å². The van der Waals surface area contributed by atoms with Crippen molar-refractivity contribution in [1.29, 1.82) is 0 Å². The van der Waals surface area contributed by atoms with Crippen LogP contribution in [0.2, 0.25) is 0 Å². The first kappa shape index (κ1) is 17.7. The first-order valence-corrected chi connectivity index (χ1v) is 10.5. The van der Waals surface area contributed by atoms with Crippen molar-refractivity contribution in [2.75, 3.05) is 15.0 Å². The lowest BCUT2D eigenvalue weighted by Gasteiger charge is -2.23. The minimum atomic E-state index is -3.65. The Morgan fingerprint density at radius 1 is 1.04 bits per heavy atom. The van der Waals surface area contributed by atoms with Gasteiger partial charge in [-0.05, 0) is 49.2 Å². The molecule has 0 aliphatic carbocycles. The van der Waals surface area contributed by atoms with Gasteiger partial charge in [0, 0.05) is 17.3 Å². The number of fused-ring (bicyclic) bond motifs is 1. The fourth-order valence-electron chi connectivity index (χ4n) is 3.84. The second-order valence-electron chi connectivity index (χ2n) is 7.19. The van der Waals surface area contributed by atoms with E-state index in [9.17, 15) is 18.0 Å². The van der Waals surface area contributed by atoms with Gasteiger partial charge in [0.15, 0.2) is 0 Å². The van der Waals surface area contributed by atoms with E-state index in [2.05, 4.69) is 0 Å². The number of benzene rings is 2. The molecule has 7 heteroatoms. The molecule has 6 nitrogen and oxygen atoms in total. The molecule has 0 radical (unpaired) electrons. The number of nitrogens with zero attached hydrogens (tertiary/aromatic N) is 2. The molecule has 2 aliphatic rings. The molecular formula is C20H20N2O4S. The highest BCUT2D eigenvalue weighted by molar-refractivity contribution is 7.94. The second kappa shape index (κ2) is 6.20.